The summed E-state index contributed by atoms with van der Waals surface area (Å²) in [6, 6.07) is 1.79. The van der Waals surface area contributed by atoms with Crippen molar-refractivity contribution < 1.29 is 9.53 Å². The number of carbonyl (C=O) groups excluding carboxylic acids is 1. The molecule has 0 aliphatic carbocycles. The van der Waals surface area contributed by atoms with Crippen molar-refractivity contribution in [3.05, 3.63) is 18.5 Å². The summed E-state index contributed by atoms with van der Waals surface area (Å²) in [5.74, 6) is 0.0733. The maximum atomic E-state index is 12.0. The van der Waals surface area contributed by atoms with E-state index in [2.05, 4.69) is 10.4 Å². The molecule has 0 unspecified atom stereocenters. The minimum atomic E-state index is -0.0763. The topological polar surface area (TPSA) is 59.4 Å². The molecule has 0 radical (unpaired) electrons. The number of nitrogens with zero attached hydrogens (tertiary/aromatic N) is 3. The van der Waals surface area contributed by atoms with Crippen LogP contribution in [0.15, 0.2) is 18.5 Å². The Bertz CT molecular complexity index is 379. The molecule has 1 N–H and O–H groups in total. The first-order valence-electron chi connectivity index (χ1n) is 6.19. The Balaban J connectivity index is 1.74. The average Bonchev–Trinajstić information content (AvgIpc) is 2.98. The molecule has 1 fully saturated rings. The van der Waals surface area contributed by atoms with Crippen LogP contribution in [0.3, 0.4) is 0 Å². The van der Waals surface area contributed by atoms with Crippen LogP contribution in [0.5, 0.6) is 0 Å². The van der Waals surface area contributed by atoms with E-state index in [4.69, 9.17) is 4.74 Å². The number of ether oxygens (including phenoxy) is 1. The number of nitrogens with one attached hydrogen (secondary N) is 1. The van der Waals surface area contributed by atoms with Crippen LogP contribution in [0.2, 0.25) is 0 Å². The van der Waals surface area contributed by atoms with Crippen LogP contribution in [-0.2, 0) is 16.1 Å². The Morgan fingerprint density at radius 2 is 2.44 bits per heavy atom. The molecule has 6 heteroatoms. The molecule has 100 valence electrons. The molecule has 1 amide bonds. The average molecular weight is 252 g/mol. The van der Waals surface area contributed by atoms with Crippen molar-refractivity contribution in [3.63, 3.8) is 0 Å². The second-order valence-corrected chi connectivity index (χ2v) is 4.61. The molecule has 0 bridgehead atoms. The second kappa shape index (κ2) is 5.97. The molecule has 0 aromatic carbocycles. The van der Waals surface area contributed by atoms with Gasteiger partial charge in [0.2, 0.25) is 5.91 Å². The molecule has 2 heterocycles. The summed E-state index contributed by atoms with van der Waals surface area (Å²) < 4.78 is 7.09. The van der Waals surface area contributed by atoms with E-state index in [0.29, 0.717) is 13.1 Å². The van der Waals surface area contributed by atoms with Gasteiger partial charge in [0.05, 0.1) is 18.7 Å². The van der Waals surface area contributed by atoms with Crippen molar-refractivity contribution in [3.8, 4) is 0 Å². The zero-order valence-electron chi connectivity index (χ0n) is 10.9. The summed E-state index contributed by atoms with van der Waals surface area (Å²) in [4.78, 5) is 14.0. The van der Waals surface area contributed by atoms with Crippen LogP contribution in [0.25, 0.3) is 0 Å². The van der Waals surface area contributed by atoms with Gasteiger partial charge in [-0.1, -0.05) is 0 Å². The number of hydrogen-bond acceptors (Lipinski definition) is 4. The largest absolute Gasteiger partial charge is 0.380 e. The first kappa shape index (κ1) is 13.0. The van der Waals surface area contributed by atoms with Gasteiger partial charge in [-0.3, -0.25) is 14.4 Å². The Hall–Kier alpha value is -1.40. The van der Waals surface area contributed by atoms with E-state index in [1.165, 1.54) is 0 Å². The predicted octanol–water partition coefficient (Wildman–Crippen LogP) is -0.282. The van der Waals surface area contributed by atoms with Gasteiger partial charge in [0.15, 0.2) is 0 Å². The minimum Gasteiger partial charge on any atom is -0.380 e. The maximum absolute atomic E-state index is 12.0. The van der Waals surface area contributed by atoms with Crippen LogP contribution in [0, 0.1) is 0 Å². The van der Waals surface area contributed by atoms with Crippen molar-refractivity contribution in [1.82, 2.24) is 20.0 Å². The molecule has 2 rings (SSSR count). The number of rotatable bonds is 5. The number of methoxy groups -OCH3 is 1. The minimum absolute atomic E-state index is 0.0733. The molecule has 1 aliphatic rings. The number of likely N-dealkylation sites (tertiary alicyclic amines) is 1. The van der Waals surface area contributed by atoms with E-state index in [0.717, 1.165) is 13.0 Å². The monoisotopic (exact) mass is 252 g/mol. The molecule has 1 aromatic heterocycles. The summed E-state index contributed by atoms with van der Waals surface area (Å²) in [5.41, 5.74) is 0. The summed E-state index contributed by atoms with van der Waals surface area (Å²) in [7, 11) is 3.65. The summed E-state index contributed by atoms with van der Waals surface area (Å²) in [6.07, 6.45) is 4.54. The summed E-state index contributed by atoms with van der Waals surface area (Å²) >= 11 is 0. The predicted molar refractivity (Wildman–Crippen MR) is 67.1 cm³/mol. The Morgan fingerprint density at radius 3 is 3.06 bits per heavy atom. The van der Waals surface area contributed by atoms with Gasteiger partial charge in [-0.25, -0.2) is 0 Å². The maximum Gasteiger partial charge on any atom is 0.237 e. The Kier molecular flexibility index (Phi) is 4.33. The number of aromatic nitrogens is 2. The molecule has 1 aliphatic heterocycles. The van der Waals surface area contributed by atoms with Gasteiger partial charge >= 0.3 is 0 Å². The van der Waals surface area contributed by atoms with E-state index in [1.807, 2.05) is 24.2 Å². The lowest BCUT2D eigenvalue weighted by Gasteiger charge is -2.18. The van der Waals surface area contributed by atoms with Gasteiger partial charge in [-0.05, 0) is 19.5 Å². The van der Waals surface area contributed by atoms with E-state index in [1.54, 1.807) is 18.0 Å². The fourth-order valence-electron chi connectivity index (χ4n) is 2.27. The molecule has 6 nitrogen and oxygen atoms in total. The van der Waals surface area contributed by atoms with Crippen molar-refractivity contribution in [2.45, 2.75) is 25.1 Å². The number of hydrogen-bond donors (Lipinski definition) is 1. The first-order valence-corrected chi connectivity index (χ1v) is 6.19. The van der Waals surface area contributed by atoms with E-state index in [-0.39, 0.29) is 18.1 Å². The third-order valence-corrected chi connectivity index (χ3v) is 3.35. The van der Waals surface area contributed by atoms with Crippen molar-refractivity contribution in [1.29, 1.82) is 0 Å². The molecule has 2 atom stereocenters. The van der Waals surface area contributed by atoms with E-state index >= 15 is 0 Å². The lowest BCUT2D eigenvalue weighted by molar-refractivity contribution is -0.125. The van der Waals surface area contributed by atoms with Gasteiger partial charge in [-0.2, -0.15) is 5.10 Å². The highest BCUT2D eigenvalue weighted by molar-refractivity contribution is 5.82. The molecular formula is C12H20N4O2. The quantitative estimate of drug-likeness (QED) is 0.783. The lowest BCUT2D eigenvalue weighted by Crippen LogP contribution is -2.42. The second-order valence-electron chi connectivity index (χ2n) is 4.61. The molecule has 18 heavy (non-hydrogen) atoms. The van der Waals surface area contributed by atoms with Crippen molar-refractivity contribution in [2.75, 3.05) is 27.2 Å². The van der Waals surface area contributed by atoms with Crippen LogP contribution in [0.4, 0.5) is 0 Å². The van der Waals surface area contributed by atoms with Gasteiger partial charge in [0.1, 0.15) is 0 Å². The highest BCUT2D eigenvalue weighted by Gasteiger charge is 2.34. The van der Waals surface area contributed by atoms with E-state index < -0.39 is 0 Å². The zero-order chi connectivity index (χ0) is 13.0. The molecule has 1 aromatic rings. The standard InChI is InChI=1S/C12H20N4O2/c1-15-9-10(18-2)8-11(15)12(17)13-5-7-16-6-3-4-14-16/h3-4,6,10-11H,5,7-9H2,1-2H3,(H,13,17)/t10-,11-/m0/s1. The summed E-state index contributed by atoms with van der Waals surface area (Å²) in [6.45, 7) is 2.11. The lowest BCUT2D eigenvalue weighted by atomic mass is 10.2. The van der Waals surface area contributed by atoms with Crippen LogP contribution in [-0.4, -0.2) is 60.0 Å². The Labute approximate surface area is 107 Å². The van der Waals surface area contributed by atoms with E-state index in [9.17, 15) is 4.79 Å². The van der Waals surface area contributed by atoms with Crippen molar-refractivity contribution >= 4 is 5.91 Å². The van der Waals surface area contributed by atoms with Crippen LogP contribution in [0.1, 0.15) is 6.42 Å². The fraction of sp³-hybridized carbons (Fsp3) is 0.667. The third-order valence-electron chi connectivity index (χ3n) is 3.35. The van der Waals surface area contributed by atoms with Gasteiger partial charge < -0.3 is 10.1 Å². The van der Waals surface area contributed by atoms with Gasteiger partial charge in [0.25, 0.3) is 0 Å². The smallest absolute Gasteiger partial charge is 0.237 e. The SMILES string of the molecule is CO[C@H]1C[C@@H](C(=O)NCCn2cccn2)N(C)C1. The number of amides is 1. The molecule has 0 spiro atoms. The highest BCUT2D eigenvalue weighted by Crippen LogP contribution is 2.17. The molecular weight excluding hydrogens is 232 g/mol. The van der Waals surface area contributed by atoms with Crippen LogP contribution < -0.4 is 5.32 Å². The van der Waals surface area contributed by atoms with Gasteiger partial charge in [-0.15, -0.1) is 0 Å². The Morgan fingerprint density at radius 1 is 1.61 bits per heavy atom. The first-order chi connectivity index (χ1) is 8.70. The summed E-state index contributed by atoms with van der Waals surface area (Å²) in [5, 5.41) is 7.03. The third kappa shape index (κ3) is 3.08. The number of likely N-dealkylation sites (N-methyl/N-ethyl adjacent to an activating group) is 1. The van der Waals surface area contributed by atoms with Crippen LogP contribution >= 0.6 is 0 Å². The zero-order valence-corrected chi connectivity index (χ0v) is 10.9. The normalized spacial score (nSPS) is 24.3. The van der Waals surface area contributed by atoms with Crippen molar-refractivity contribution in [2.24, 2.45) is 0 Å². The number of carbonyl (C=O) groups is 1. The molecule has 1 saturated heterocycles. The molecule has 0 saturated carbocycles. The van der Waals surface area contributed by atoms with Gasteiger partial charge in [0, 0.05) is 32.6 Å². The highest BCUT2D eigenvalue weighted by atomic mass is 16.5. The fourth-order valence-corrected chi connectivity index (χ4v) is 2.27.